The van der Waals surface area contributed by atoms with Crippen molar-refractivity contribution in [2.45, 2.75) is 0 Å². The van der Waals surface area contributed by atoms with Crippen LogP contribution in [0.3, 0.4) is 0 Å². The molecule has 2 N–H and O–H groups in total. The van der Waals surface area contributed by atoms with Gasteiger partial charge in [-0.1, -0.05) is 0 Å². The van der Waals surface area contributed by atoms with Gasteiger partial charge in [-0.3, -0.25) is 14.5 Å². The van der Waals surface area contributed by atoms with E-state index in [1.807, 2.05) is 0 Å². The Hall–Kier alpha value is -1.61. The number of carbonyl (C=O) groups is 2. The molecule has 0 saturated heterocycles. The van der Waals surface area contributed by atoms with Crippen molar-refractivity contribution in [3.63, 3.8) is 0 Å². The molecule has 12 heavy (non-hydrogen) atoms. The van der Waals surface area contributed by atoms with Crippen molar-refractivity contribution < 1.29 is 19.8 Å². The largest absolute Gasteiger partial charge is 0.480 e. The third-order valence-corrected chi connectivity index (χ3v) is 1.01. The molecule has 0 aromatic carbocycles. The average molecular weight is 172 g/mol. The van der Waals surface area contributed by atoms with Gasteiger partial charge in [-0.25, -0.2) is 0 Å². The van der Waals surface area contributed by atoms with Gasteiger partial charge in [0.25, 0.3) is 0 Å². The summed E-state index contributed by atoms with van der Waals surface area (Å²) in [4.78, 5) is 21.3. The number of aliphatic carboxylic acids is 2. The Morgan fingerprint density at radius 3 is 1.92 bits per heavy atom. The zero-order valence-electron chi connectivity index (χ0n) is 6.23. The highest BCUT2D eigenvalue weighted by Crippen LogP contribution is 1.86. The van der Waals surface area contributed by atoms with Crippen LogP contribution >= 0.6 is 0 Å². The number of hydrogen-bond acceptors (Lipinski definition) is 4. The van der Waals surface area contributed by atoms with E-state index in [4.69, 9.17) is 15.5 Å². The molecule has 6 nitrogen and oxygen atoms in total. The van der Waals surface area contributed by atoms with Crippen molar-refractivity contribution in [1.29, 1.82) is 5.26 Å². The number of hydrogen-bond donors (Lipinski definition) is 2. The molecule has 0 saturated carbocycles. The Bertz CT molecular complexity index is 204. The molecule has 0 unspecified atom stereocenters. The van der Waals surface area contributed by atoms with Crippen molar-refractivity contribution in [2.75, 3.05) is 19.6 Å². The first-order chi connectivity index (χ1) is 5.56. The zero-order valence-corrected chi connectivity index (χ0v) is 6.23. The summed E-state index contributed by atoms with van der Waals surface area (Å²) in [6, 6.07) is 1.68. The molecule has 0 aliphatic heterocycles. The van der Waals surface area contributed by atoms with Crippen LogP contribution in [0.5, 0.6) is 0 Å². The van der Waals surface area contributed by atoms with Crippen molar-refractivity contribution in [1.82, 2.24) is 4.90 Å². The van der Waals surface area contributed by atoms with E-state index in [9.17, 15) is 9.59 Å². The molecule has 0 atom stereocenters. The molecule has 0 heterocycles. The minimum atomic E-state index is -1.15. The Kier molecular flexibility index (Phi) is 4.41. The molecular formula is C6H8N2O4. The lowest BCUT2D eigenvalue weighted by atomic mass is 10.4. The molecule has 0 aliphatic carbocycles. The van der Waals surface area contributed by atoms with Crippen LogP contribution < -0.4 is 0 Å². The second-order valence-corrected chi connectivity index (χ2v) is 2.09. The van der Waals surface area contributed by atoms with Gasteiger partial charge in [0.15, 0.2) is 0 Å². The normalized spacial score (nSPS) is 9.33. The van der Waals surface area contributed by atoms with E-state index in [0.29, 0.717) is 0 Å². The van der Waals surface area contributed by atoms with Gasteiger partial charge in [0.1, 0.15) is 0 Å². The Balaban J connectivity index is 3.96. The highest BCUT2D eigenvalue weighted by Gasteiger charge is 2.11. The van der Waals surface area contributed by atoms with Crippen LogP contribution in [0.25, 0.3) is 0 Å². The summed E-state index contributed by atoms with van der Waals surface area (Å²) in [5, 5.41) is 24.7. The van der Waals surface area contributed by atoms with Crippen LogP contribution in [-0.2, 0) is 9.59 Å². The lowest BCUT2D eigenvalue weighted by molar-refractivity contribution is -0.141. The van der Waals surface area contributed by atoms with Crippen molar-refractivity contribution in [3.05, 3.63) is 0 Å². The highest BCUT2D eigenvalue weighted by atomic mass is 16.4. The quantitative estimate of drug-likeness (QED) is 0.515. The standard InChI is InChI=1S/C6H8N2O4/c7-1-2-8(3-5(9)10)4-6(11)12/h2-4H2,(H,9,10)(H,11,12). The Labute approximate surface area is 68.6 Å². The van der Waals surface area contributed by atoms with Crippen LogP contribution in [0, 0.1) is 11.3 Å². The molecular weight excluding hydrogens is 164 g/mol. The summed E-state index contributed by atoms with van der Waals surface area (Å²) in [5.41, 5.74) is 0. The van der Waals surface area contributed by atoms with E-state index in [2.05, 4.69) is 0 Å². The van der Waals surface area contributed by atoms with Gasteiger partial charge in [0, 0.05) is 0 Å². The Morgan fingerprint density at radius 2 is 1.67 bits per heavy atom. The predicted octanol–water partition coefficient (Wildman–Crippen LogP) is -1.02. The number of carboxylic acid groups (broad SMARTS) is 2. The van der Waals surface area contributed by atoms with Gasteiger partial charge in [-0.05, 0) is 0 Å². The van der Waals surface area contributed by atoms with Gasteiger partial charge in [-0.15, -0.1) is 0 Å². The molecule has 0 amide bonds. The van der Waals surface area contributed by atoms with Gasteiger partial charge < -0.3 is 10.2 Å². The van der Waals surface area contributed by atoms with Crippen LogP contribution in [0.15, 0.2) is 0 Å². The molecule has 0 spiro atoms. The molecule has 0 bridgehead atoms. The summed E-state index contributed by atoms with van der Waals surface area (Å²) in [6.45, 7) is -1.06. The van der Waals surface area contributed by atoms with Gasteiger partial charge >= 0.3 is 11.9 Å². The number of carboxylic acids is 2. The van der Waals surface area contributed by atoms with E-state index >= 15 is 0 Å². The first kappa shape index (κ1) is 10.4. The SMILES string of the molecule is N#CCN(CC(=O)O)CC(=O)O. The fourth-order valence-corrected chi connectivity index (χ4v) is 0.650. The van der Waals surface area contributed by atoms with E-state index in [0.717, 1.165) is 4.90 Å². The topological polar surface area (TPSA) is 102 Å². The van der Waals surface area contributed by atoms with E-state index in [1.165, 1.54) is 0 Å². The average Bonchev–Trinajstić information content (AvgIpc) is 1.84. The highest BCUT2D eigenvalue weighted by molar-refractivity contribution is 5.72. The monoisotopic (exact) mass is 172 g/mol. The lowest BCUT2D eigenvalue weighted by Crippen LogP contribution is -2.34. The third-order valence-electron chi connectivity index (χ3n) is 1.01. The molecule has 0 aromatic rings. The summed E-state index contributed by atoms with van der Waals surface area (Å²) in [6.07, 6.45) is 0. The van der Waals surface area contributed by atoms with Gasteiger partial charge in [0.2, 0.25) is 0 Å². The van der Waals surface area contributed by atoms with Crippen LogP contribution in [0.1, 0.15) is 0 Å². The summed E-state index contributed by atoms with van der Waals surface area (Å²) in [5.74, 6) is -2.29. The molecule has 66 valence electrons. The van der Waals surface area contributed by atoms with E-state index in [1.54, 1.807) is 6.07 Å². The second-order valence-electron chi connectivity index (χ2n) is 2.09. The first-order valence-electron chi connectivity index (χ1n) is 3.09. The molecule has 0 aromatic heterocycles. The summed E-state index contributed by atoms with van der Waals surface area (Å²) >= 11 is 0. The predicted molar refractivity (Wildman–Crippen MR) is 37.3 cm³/mol. The van der Waals surface area contributed by atoms with Gasteiger partial charge in [-0.2, -0.15) is 5.26 Å². The minimum absolute atomic E-state index is 0.196. The first-order valence-corrected chi connectivity index (χ1v) is 3.09. The zero-order chi connectivity index (χ0) is 9.56. The molecule has 0 fully saturated rings. The number of nitriles is 1. The van der Waals surface area contributed by atoms with Gasteiger partial charge in [0.05, 0.1) is 25.7 Å². The van der Waals surface area contributed by atoms with Crippen LogP contribution in [-0.4, -0.2) is 46.7 Å². The minimum Gasteiger partial charge on any atom is -0.480 e. The van der Waals surface area contributed by atoms with Crippen LogP contribution in [0.4, 0.5) is 0 Å². The maximum atomic E-state index is 10.1. The third kappa shape index (κ3) is 5.20. The molecule has 0 rings (SSSR count). The van der Waals surface area contributed by atoms with Crippen molar-refractivity contribution in [2.24, 2.45) is 0 Å². The summed E-state index contributed by atoms with van der Waals surface area (Å²) < 4.78 is 0. The number of nitrogens with zero attached hydrogens (tertiary/aromatic N) is 2. The van der Waals surface area contributed by atoms with Crippen LogP contribution in [0.2, 0.25) is 0 Å². The van der Waals surface area contributed by atoms with Crippen molar-refractivity contribution in [3.8, 4) is 6.07 Å². The molecule has 0 radical (unpaired) electrons. The maximum absolute atomic E-state index is 10.1. The maximum Gasteiger partial charge on any atom is 0.317 e. The second kappa shape index (κ2) is 5.09. The fraction of sp³-hybridized carbons (Fsp3) is 0.500. The van der Waals surface area contributed by atoms with E-state index < -0.39 is 25.0 Å². The molecule has 0 aliphatic rings. The smallest absolute Gasteiger partial charge is 0.317 e. The van der Waals surface area contributed by atoms with Crippen molar-refractivity contribution >= 4 is 11.9 Å². The number of rotatable bonds is 5. The molecule has 6 heteroatoms. The lowest BCUT2D eigenvalue weighted by Gasteiger charge is -2.12. The fourth-order valence-electron chi connectivity index (χ4n) is 0.650. The van der Waals surface area contributed by atoms with E-state index in [-0.39, 0.29) is 6.54 Å². The Morgan fingerprint density at radius 1 is 1.25 bits per heavy atom. The summed E-state index contributed by atoms with van der Waals surface area (Å²) in [7, 11) is 0.